The molecular formula is C11H10BrFN2S. The van der Waals surface area contributed by atoms with Crippen LogP contribution in [0.2, 0.25) is 0 Å². The number of nitrogens with zero attached hydrogens (tertiary/aromatic N) is 1. The third-order valence-corrected chi connectivity index (χ3v) is 4.03. The molecule has 2 rings (SSSR count). The number of hydrogen-bond donors (Lipinski definition) is 1. The highest BCUT2D eigenvalue weighted by Gasteiger charge is 2.09. The van der Waals surface area contributed by atoms with Gasteiger partial charge in [0.2, 0.25) is 0 Å². The van der Waals surface area contributed by atoms with E-state index in [-0.39, 0.29) is 11.9 Å². The molecule has 2 nitrogen and oxygen atoms in total. The highest BCUT2D eigenvalue weighted by atomic mass is 79.9. The summed E-state index contributed by atoms with van der Waals surface area (Å²) in [5, 5.41) is 0.790. The molecule has 0 radical (unpaired) electrons. The predicted molar refractivity (Wildman–Crippen MR) is 67.8 cm³/mol. The molecule has 0 saturated heterocycles. The molecule has 1 heterocycles. The molecule has 84 valence electrons. The van der Waals surface area contributed by atoms with Crippen molar-refractivity contribution in [2.24, 2.45) is 5.73 Å². The molecule has 0 bridgehead atoms. The lowest BCUT2D eigenvalue weighted by Gasteiger charge is -1.99. The molecule has 2 aromatic rings. The Morgan fingerprint density at radius 1 is 1.50 bits per heavy atom. The van der Waals surface area contributed by atoms with E-state index in [0.29, 0.717) is 4.47 Å². The Morgan fingerprint density at radius 3 is 2.81 bits per heavy atom. The monoisotopic (exact) mass is 300 g/mol. The Labute approximate surface area is 105 Å². The normalized spacial score (nSPS) is 12.8. The van der Waals surface area contributed by atoms with Gasteiger partial charge in [0.25, 0.3) is 0 Å². The lowest BCUT2D eigenvalue weighted by atomic mass is 10.2. The van der Waals surface area contributed by atoms with Gasteiger partial charge < -0.3 is 5.73 Å². The van der Waals surface area contributed by atoms with Gasteiger partial charge in [0.15, 0.2) is 0 Å². The zero-order chi connectivity index (χ0) is 11.7. The van der Waals surface area contributed by atoms with Crippen molar-refractivity contribution in [2.75, 3.05) is 0 Å². The first-order valence-electron chi connectivity index (χ1n) is 4.74. The minimum Gasteiger partial charge on any atom is -0.323 e. The second kappa shape index (κ2) is 4.61. The lowest BCUT2D eigenvalue weighted by molar-refractivity contribution is 0.621. The summed E-state index contributed by atoms with van der Waals surface area (Å²) in [6, 6.07) is 4.94. The molecule has 0 saturated carbocycles. The van der Waals surface area contributed by atoms with Gasteiger partial charge in [-0.2, -0.15) is 0 Å². The summed E-state index contributed by atoms with van der Waals surface area (Å²) in [4.78, 5) is 5.23. The molecule has 1 aromatic heterocycles. The molecule has 0 aliphatic rings. The number of rotatable bonds is 2. The fourth-order valence-electron chi connectivity index (χ4n) is 1.26. The number of benzene rings is 1. The van der Waals surface area contributed by atoms with Crippen molar-refractivity contribution in [3.8, 4) is 10.6 Å². The van der Waals surface area contributed by atoms with Gasteiger partial charge in [-0.15, -0.1) is 11.3 Å². The standard InChI is InChI=1S/C11H10BrFN2S/c1-6(14)10-5-15-11(16-10)7-2-3-8(12)9(13)4-7/h2-6H,14H2,1H3. The highest BCUT2D eigenvalue weighted by Crippen LogP contribution is 2.29. The molecule has 0 spiro atoms. The molecule has 1 atom stereocenters. The maximum Gasteiger partial charge on any atom is 0.138 e. The maximum atomic E-state index is 13.3. The molecule has 0 fully saturated rings. The third-order valence-electron chi connectivity index (χ3n) is 2.14. The van der Waals surface area contributed by atoms with Crippen molar-refractivity contribution < 1.29 is 4.39 Å². The van der Waals surface area contributed by atoms with E-state index in [9.17, 15) is 4.39 Å². The van der Waals surface area contributed by atoms with Crippen LogP contribution in [0.15, 0.2) is 28.9 Å². The van der Waals surface area contributed by atoms with Crippen molar-refractivity contribution in [1.82, 2.24) is 4.98 Å². The third kappa shape index (κ3) is 2.31. The van der Waals surface area contributed by atoms with Crippen molar-refractivity contribution in [3.63, 3.8) is 0 Å². The van der Waals surface area contributed by atoms with Gasteiger partial charge in [-0.25, -0.2) is 9.37 Å². The van der Waals surface area contributed by atoms with Crippen molar-refractivity contribution in [2.45, 2.75) is 13.0 Å². The van der Waals surface area contributed by atoms with Crippen molar-refractivity contribution in [3.05, 3.63) is 39.6 Å². The van der Waals surface area contributed by atoms with Crippen molar-refractivity contribution >= 4 is 27.3 Å². The van der Waals surface area contributed by atoms with Gasteiger partial charge in [0.1, 0.15) is 10.8 Å². The predicted octanol–water partition coefficient (Wildman–Crippen LogP) is 3.73. The second-order valence-electron chi connectivity index (χ2n) is 3.49. The van der Waals surface area contributed by atoms with Crippen LogP contribution < -0.4 is 5.73 Å². The average molecular weight is 301 g/mol. The maximum absolute atomic E-state index is 13.3. The number of hydrogen-bond acceptors (Lipinski definition) is 3. The van der Waals surface area contributed by atoms with Crippen LogP contribution >= 0.6 is 27.3 Å². The van der Waals surface area contributed by atoms with Crippen LogP contribution in [0.4, 0.5) is 4.39 Å². The topological polar surface area (TPSA) is 38.9 Å². The second-order valence-corrected chi connectivity index (χ2v) is 5.40. The van der Waals surface area contributed by atoms with E-state index in [1.807, 2.05) is 13.0 Å². The van der Waals surface area contributed by atoms with E-state index in [0.717, 1.165) is 15.4 Å². The Kier molecular flexibility index (Phi) is 3.37. The highest BCUT2D eigenvalue weighted by molar-refractivity contribution is 9.10. The zero-order valence-electron chi connectivity index (χ0n) is 8.58. The van der Waals surface area contributed by atoms with Gasteiger partial charge in [-0.1, -0.05) is 6.07 Å². The quantitative estimate of drug-likeness (QED) is 0.918. The number of halogens is 2. The van der Waals surface area contributed by atoms with Crippen LogP contribution in [0, 0.1) is 5.82 Å². The first-order chi connectivity index (χ1) is 7.58. The summed E-state index contributed by atoms with van der Waals surface area (Å²) >= 11 is 4.61. The van der Waals surface area contributed by atoms with E-state index in [2.05, 4.69) is 20.9 Å². The van der Waals surface area contributed by atoms with Gasteiger partial charge in [-0.3, -0.25) is 0 Å². The van der Waals surface area contributed by atoms with Gasteiger partial charge in [0, 0.05) is 22.7 Å². The van der Waals surface area contributed by atoms with Gasteiger partial charge in [0.05, 0.1) is 4.47 Å². The van der Waals surface area contributed by atoms with Crippen LogP contribution in [0.3, 0.4) is 0 Å². The number of nitrogens with two attached hydrogens (primary N) is 1. The Hall–Kier alpha value is -0.780. The van der Waals surface area contributed by atoms with E-state index >= 15 is 0 Å². The Bertz CT molecular complexity index is 510. The van der Waals surface area contributed by atoms with E-state index in [4.69, 9.17) is 5.73 Å². The van der Waals surface area contributed by atoms with Crippen LogP contribution in [0.5, 0.6) is 0 Å². The van der Waals surface area contributed by atoms with E-state index in [1.54, 1.807) is 12.3 Å². The first-order valence-corrected chi connectivity index (χ1v) is 6.35. The minimum absolute atomic E-state index is 0.0356. The molecule has 0 amide bonds. The smallest absolute Gasteiger partial charge is 0.138 e. The summed E-state index contributed by atoms with van der Waals surface area (Å²) in [6.45, 7) is 1.90. The summed E-state index contributed by atoms with van der Waals surface area (Å²) in [7, 11) is 0. The molecule has 0 aliphatic heterocycles. The zero-order valence-corrected chi connectivity index (χ0v) is 11.0. The van der Waals surface area contributed by atoms with Crippen LogP contribution in [-0.2, 0) is 0 Å². The van der Waals surface area contributed by atoms with Crippen molar-refractivity contribution in [1.29, 1.82) is 0 Å². The molecule has 5 heteroatoms. The Balaban J connectivity index is 2.39. The molecule has 2 N–H and O–H groups in total. The van der Waals surface area contributed by atoms with Crippen LogP contribution in [0.25, 0.3) is 10.6 Å². The lowest BCUT2D eigenvalue weighted by Crippen LogP contribution is -2.01. The van der Waals surface area contributed by atoms with Gasteiger partial charge in [-0.05, 0) is 35.0 Å². The minimum atomic E-state index is -0.282. The summed E-state index contributed by atoms with van der Waals surface area (Å²) < 4.78 is 13.8. The molecular weight excluding hydrogens is 291 g/mol. The molecule has 1 unspecified atom stereocenters. The number of aromatic nitrogens is 1. The summed E-state index contributed by atoms with van der Waals surface area (Å²) in [5.41, 5.74) is 6.52. The van der Waals surface area contributed by atoms with E-state index < -0.39 is 0 Å². The first kappa shape index (κ1) is 11.7. The Morgan fingerprint density at radius 2 is 2.25 bits per heavy atom. The van der Waals surface area contributed by atoms with Crippen LogP contribution in [-0.4, -0.2) is 4.98 Å². The summed E-state index contributed by atoms with van der Waals surface area (Å²) in [6.07, 6.45) is 1.74. The fraction of sp³-hybridized carbons (Fsp3) is 0.182. The molecule has 1 aromatic carbocycles. The number of thiazole rings is 1. The average Bonchev–Trinajstić information content (AvgIpc) is 2.71. The van der Waals surface area contributed by atoms with Gasteiger partial charge >= 0.3 is 0 Å². The SMILES string of the molecule is CC(N)c1cnc(-c2ccc(Br)c(F)c2)s1. The molecule has 16 heavy (non-hydrogen) atoms. The van der Waals surface area contributed by atoms with E-state index in [1.165, 1.54) is 17.4 Å². The fourth-order valence-corrected chi connectivity index (χ4v) is 2.37. The largest absolute Gasteiger partial charge is 0.323 e. The molecule has 0 aliphatic carbocycles. The summed E-state index contributed by atoms with van der Waals surface area (Å²) in [5.74, 6) is -0.282. The van der Waals surface area contributed by atoms with Crippen LogP contribution in [0.1, 0.15) is 17.8 Å².